The number of rotatable bonds is 5. The van der Waals surface area contributed by atoms with E-state index in [0.717, 1.165) is 50.9 Å². The Morgan fingerprint density at radius 3 is 2.79 bits per heavy atom. The minimum Gasteiger partial charge on any atom is -0.493 e. The summed E-state index contributed by atoms with van der Waals surface area (Å²) in [5.41, 5.74) is 2.60. The van der Waals surface area contributed by atoms with Crippen molar-refractivity contribution >= 4 is 44.2 Å². The van der Waals surface area contributed by atoms with Crippen molar-refractivity contribution in [1.82, 2.24) is 9.38 Å². The van der Waals surface area contributed by atoms with Gasteiger partial charge in [-0.15, -0.1) is 0 Å². The van der Waals surface area contributed by atoms with Gasteiger partial charge in [0.05, 0.1) is 22.2 Å². The summed E-state index contributed by atoms with van der Waals surface area (Å²) in [5, 5.41) is 2.21. The average Bonchev–Trinajstić information content (AvgIpc) is 3.26. The first kappa shape index (κ1) is 17.9. The molecule has 0 fully saturated rings. The molecular formula is C24H20N2O2S. The molecule has 0 atom stereocenters. The molecule has 0 spiro atoms. The molecule has 0 N–H and O–H groups in total. The average molecular weight is 401 g/mol. The van der Waals surface area contributed by atoms with E-state index in [1.54, 1.807) is 4.40 Å². The summed E-state index contributed by atoms with van der Waals surface area (Å²) in [5.74, 6) is 0.812. The first-order valence-electron chi connectivity index (χ1n) is 9.82. The van der Waals surface area contributed by atoms with Gasteiger partial charge in [-0.1, -0.05) is 67.1 Å². The van der Waals surface area contributed by atoms with Gasteiger partial charge < -0.3 is 4.74 Å². The van der Waals surface area contributed by atoms with E-state index >= 15 is 0 Å². The summed E-state index contributed by atoms with van der Waals surface area (Å²) in [6, 6.07) is 20.0. The van der Waals surface area contributed by atoms with Crippen molar-refractivity contribution in [2.45, 2.75) is 19.8 Å². The molecule has 0 bridgehead atoms. The van der Waals surface area contributed by atoms with Gasteiger partial charge in [0.15, 0.2) is 4.96 Å². The van der Waals surface area contributed by atoms with Crippen LogP contribution in [-0.4, -0.2) is 16.0 Å². The number of unbranched alkanes of at least 4 members (excludes halogenated alkanes) is 1. The van der Waals surface area contributed by atoms with Crippen LogP contribution in [0.4, 0.5) is 0 Å². The van der Waals surface area contributed by atoms with Crippen LogP contribution in [0.15, 0.2) is 65.5 Å². The lowest BCUT2D eigenvalue weighted by atomic mass is 10.0. The van der Waals surface area contributed by atoms with Gasteiger partial charge in [-0.3, -0.25) is 4.79 Å². The fraction of sp³-hybridized carbons (Fsp3) is 0.167. The highest BCUT2D eigenvalue weighted by Crippen LogP contribution is 2.29. The van der Waals surface area contributed by atoms with Gasteiger partial charge in [-0.05, 0) is 41.5 Å². The Kier molecular flexibility index (Phi) is 4.52. The molecule has 0 aliphatic carbocycles. The van der Waals surface area contributed by atoms with Crippen LogP contribution in [0.2, 0.25) is 0 Å². The van der Waals surface area contributed by atoms with Crippen molar-refractivity contribution in [2.24, 2.45) is 0 Å². The number of thiazole rings is 1. The van der Waals surface area contributed by atoms with E-state index < -0.39 is 0 Å². The van der Waals surface area contributed by atoms with Crippen LogP contribution in [-0.2, 0) is 0 Å². The van der Waals surface area contributed by atoms with E-state index in [-0.39, 0.29) is 5.56 Å². The summed E-state index contributed by atoms with van der Waals surface area (Å²) >= 11 is 1.42. The van der Waals surface area contributed by atoms with Crippen molar-refractivity contribution in [3.05, 3.63) is 81.1 Å². The Balaban J connectivity index is 1.75. The third-order valence-electron chi connectivity index (χ3n) is 5.11. The number of hydrogen-bond donors (Lipinski definition) is 0. The predicted octanol–water partition coefficient (Wildman–Crippen LogP) is 4.79. The highest BCUT2D eigenvalue weighted by molar-refractivity contribution is 7.15. The topological polar surface area (TPSA) is 43.6 Å². The maximum absolute atomic E-state index is 13.2. The number of benzene rings is 3. The van der Waals surface area contributed by atoms with Gasteiger partial charge in [0.1, 0.15) is 5.75 Å². The first-order valence-corrected chi connectivity index (χ1v) is 10.6. The maximum Gasteiger partial charge on any atom is 0.274 e. The van der Waals surface area contributed by atoms with Crippen LogP contribution in [0, 0.1) is 0 Å². The molecule has 0 aliphatic rings. The van der Waals surface area contributed by atoms with Crippen molar-refractivity contribution in [2.75, 3.05) is 6.61 Å². The fourth-order valence-electron chi connectivity index (χ4n) is 3.62. The highest BCUT2D eigenvalue weighted by atomic mass is 32.1. The van der Waals surface area contributed by atoms with Gasteiger partial charge in [-0.2, -0.15) is 0 Å². The summed E-state index contributed by atoms with van der Waals surface area (Å²) < 4.78 is 8.44. The second kappa shape index (κ2) is 7.33. The van der Waals surface area contributed by atoms with Crippen molar-refractivity contribution in [1.29, 1.82) is 0 Å². The largest absolute Gasteiger partial charge is 0.493 e. The molecule has 5 heteroatoms. The molecule has 3 aromatic carbocycles. The second-order valence-electron chi connectivity index (χ2n) is 7.03. The van der Waals surface area contributed by atoms with Gasteiger partial charge in [0.2, 0.25) is 0 Å². The molecular weight excluding hydrogens is 380 g/mol. The number of imidazole rings is 1. The Labute approximate surface area is 171 Å². The van der Waals surface area contributed by atoms with Gasteiger partial charge in [-0.25, -0.2) is 9.38 Å². The molecule has 4 nitrogen and oxygen atoms in total. The van der Waals surface area contributed by atoms with Gasteiger partial charge in [0, 0.05) is 5.56 Å². The standard InChI is InChI=1S/C24H20N2O2S/c1-2-3-14-28-21-13-12-16-8-4-5-9-17(16)18(21)15-22-23(27)26-20-11-7-6-10-19(20)25-24(26)29-22/h4-13,15H,2-3,14H2,1H3/b22-15-. The summed E-state index contributed by atoms with van der Waals surface area (Å²) in [6.07, 6.45) is 4.03. The predicted molar refractivity (Wildman–Crippen MR) is 120 cm³/mol. The van der Waals surface area contributed by atoms with Crippen LogP contribution < -0.4 is 14.8 Å². The first-order chi connectivity index (χ1) is 14.3. The third-order valence-corrected chi connectivity index (χ3v) is 6.08. The Bertz CT molecular complexity index is 1450. The molecule has 0 saturated carbocycles. The van der Waals surface area contributed by atoms with E-state index in [4.69, 9.17) is 4.74 Å². The van der Waals surface area contributed by atoms with Crippen molar-refractivity contribution < 1.29 is 4.74 Å². The summed E-state index contributed by atoms with van der Waals surface area (Å²) in [4.78, 5) is 18.5. The van der Waals surface area contributed by atoms with Gasteiger partial charge >= 0.3 is 0 Å². The molecule has 0 aliphatic heterocycles. The maximum atomic E-state index is 13.2. The zero-order valence-corrected chi connectivity index (χ0v) is 16.9. The molecule has 29 heavy (non-hydrogen) atoms. The monoisotopic (exact) mass is 400 g/mol. The molecule has 0 saturated heterocycles. The molecule has 0 radical (unpaired) electrons. The van der Waals surface area contributed by atoms with E-state index in [0.29, 0.717) is 11.1 Å². The summed E-state index contributed by atoms with van der Waals surface area (Å²) in [7, 11) is 0. The lowest BCUT2D eigenvalue weighted by molar-refractivity contribution is 0.309. The number of para-hydroxylation sites is 2. The smallest absolute Gasteiger partial charge is 0.274 e. The molecule has 144 valence electrons. The quantitative estimate of drug-likeness (QED) is 0.399. The van der Waals surface area contributed by atoms with E-state index in [1.165, 1.54) is 11.3 Å². The highest BCUT2D eigenvalue weighted by Gasteiger charge is 2.12. The minimum atomic E-state index is -0.0360. The van der Waals surface area contributed by atoms with Crippen LogP contribution in [0.3, 0.4) is 0 Å². The number of hydrogen-bond acceptors (Lipinski definition) is 4. The van der Waals surface area contributed by atoms with Gasteiger partial charge in [0.25, 0.3) is 5.56 Å². The van der Waals surface area contributed by atoms with Crippen LogP contribution in [0.5, 0.6) is 5.75 Å². The van der Waals surface area contributed by atoms with Crippen molar-refractivity contribution in [3.63, 3.8) is 0 Å². The third kappa shape index (κ3) is 3.08. The minimum absolute atomic E-state index is 0.0360. The lowest BCUT2D eigenvalue weighted by Crippen LogP contribution is -2.22. The SMILES string of the molecule is CCCCOc1ccc2ccccc2c1/C=c1\sc2nc3ccccc3n2c1=O. The number of ether oxygens (including phenoxy) is 1. The fourth-order valence-corrected chi connectivity index (χ4v) is 4.59. The number of fused-ring (bicyclic) bond motifs is 4. The molecule has 0 unspecified atom stereocenters. The number of nitrogens with zero attached hydrogens (tertiary/aromatic N) is 2. The van der Waals surface area contributed by atoms with E-state index in [1.807, 2.05) is 48.5 Å². The molecule has 5 aromatic rings. The normalized spacial score (nSPS) is 12.4. The van der Waals surface area contributed by atoms with Crippen LogP contribution in [0.1, 0.15) is 25.3 Å². The second-order valence-corrected chi connectivity index (χ2v) is 8.04. The lowest BCUT2D eigenvalue weighted by Gasteiger charge is -2.11. The van der Waals surface area contributed by atoms with Crippen LogP contribution in [0.25, 0.3) is 32.8 Å². The molecule has 2 heterocycles. The van der Waals surface area contributed by atoms with E-state index in [9.17, 15) is 4.79 Å². The van der Waals surface area contributed by atoms with E-state index in [2.05, 4.69) is 30.1 Å². The Hall–Kier alpha value is -3.18. The molecule has 2 aromatic heterocycles. The molecule has 5 rings (SSSR count). The molecule has 0 amide bonds. The summed E-state index contributed by atoms with van der Waals surface area (Å²) in [6.45, 7) is 2.81. The Morgan fingerprint density at radius 1 is 1.07 bits per heavy atom. The zero-order chi connectivity index (χ0) is 19.8. The van der Waals surface area contributed by atoms with Crippen molar-refractivity contribution in [3.8, 4) is 5.75 Å². The number of aromatic nitrogens is 2. The zero-order valence-electron chi connectivity index (χ0n) is 16.1. The van der Waals surface area contributed by atoms with Crippen LogP contribution >= 0.6 is 11.3 Å². The Morgan fingerprint density at radius 2 is 1.90 bits per heavy atom.